The lowest BCUT2D eigenvalue weighted by atomic mass is 10.1. The van der Waals surface area contributed by atoms with Gasteiger partial charge in [0.25, 0.3) is 11.8 Å². The summed E-state index contributed by atoms with van der Waals surface area (Å²) in [6.45, 7) is 8.83. The molecular formula is C30H34Br2N2O2S2. The average molecular weight is 679 g/mol. The highest BCUT2D eigenvalue weighted by Gasteiger charge is 2.49. The van der Waals surface area contributed by atoms with Crippen LogP contribution in [-0.4, -0.2) is 34.7 Å². The molecular weight excluding hydrogens is 644 g/mol. The Hall–Kier alpha value is -1.74. The Morgan fingerprint density at radius 1 is 0.632 bits per heavy atom. The van der Waals surface area contributed by atoms with Gasteiger partial charge in [-0.25, -0.2) is 0 Å². The van der Waals surface area contributed by atoms with Crippen LogP contribution in [0.5, 0.6) is 0 Å². The van der Waals surface area contributed by atoms with Crippen LogP contribution in [-0.2, 0) is 9.59 Å². The molecule has 4 nitrogen and oxygen atoms in total. The predicted molar refractivity (Wildman–Crippen MR) is 168 cm³/mol. The molecule has 0 N–H and O–H groups in total. The highest BCUT2D eigenvalue weighted by Crippen LogP contribution is 2.49. The van der Waals surface area contributed by atoms with Crippen molar-refractivity contribution in [3.63, 3.8) is 0 Å². The van der Waals surface area contributed by atoms with E-state index in [1.54, 1.807) is 22.7 Å². The van der Waals surface area contributed by atoms with Gasteiger partial charge >= 0.3 is 0 Å². The van der Waals surface area contributed by atoms with Crippen LogP contribution >= 0.6 is 54.5 Å². The molecule has 0 aromatic carbocycles. The van der Waals surface area contributed by atoms with E-state index in [-0.39, 0.29) is 11.8 Å². The molecule has 0 saturated carbocycles. The third-order valence-electron chi connectivity index (χ3n) is 6.87. The molecule has 0 bridgehead atoms. The van der Waals surface area contributed by atoms with Crippen LogP contribution < -0.4 is 0 Å². The van der Waals surface area contributed by atoms with Crippen LogP contribution in [0.25, 0.3) is 11.4 Å². The number of rotatable bonds is 16. The summed E-state index contributed by atoms with van der Waals surface area (Å²) in [7, 11) is 0. The second-order valence-electron chi connectivity index (χ2n) is 9.55. The van der Waals surface area contributed by atoms with E-state index >= 15 is 0 Å². The maximum atomic E-state index is 14.1. The van der Waals surface area contributed by atoms with Crippen molar-refractivity contribution in [1.29, 1.82) is 0 Å². The van der Waals surface area contributed by atoms with Crippen LogP contribution in [0, 0.1) is 0 Å². The molecule has 202 valence electrons. The van der Waals surface area contributed by atoms with E-state index in [9.17, 15) is 9.59 Å². The van der Waals surface area contributed by atoms with Crippen molar-refractivity contribution in [3.05, 3.63) is 78.0 Å². The van der Waals surface area contributed by atoms with E-state index in [1.165, 1.54) is 0 Å². The normalized spacial score (nSPS) is 15.3. The molecule has 2 aromatic rings. The SMILES string of the molecule is C=CCCCCCCN1C(=O)C2=C(c3ccc(Br)s3)N(CCCCCCC=C)C(=O)C2=C1c1ccc(Br)s1. The van der Waals surface area contributed by atoms with E-state index in [2.05, 4.69) is 45.0 Å². The highest BCUT2D eigenvalue weighted by atomic mass is 79.9. The molecule has 8 heteroatoms. The van der Waals surface area contributed by atoms with Gasteiger partial charge in [-0.3, -0.25) is 9.59 Å². The molecule has 0 radical (unpaired) electrons. The summed E-state index contributed by atoms with van der Waals surface area (Å²) < 4.78 is 1.97. The Morgan fingerprint density at radius 3 is 1.37 bits per heavy atom. The Balaban J connectivity index is 1.67. The van der Waals surface area contributed by atoms with Crippen molar-refractivity contribution in [2.24, 2.45) is 0 Å². The van der Waals surface area contributed by atoms with Gasteiger partial charge in [0.1, 0.15) is 0 Å². The minimum atomic E-state index is -0.0491. The Bertz CT molecular complexity index is 1160. The summed E-state index contributed by atoms with van der Waals surface area (Å²) >= 11 is 10.3. The number of thiophene rings is 2. The number of amides is 2. The monoisotopic (exact) mass is 676 g/mol. The molecule has 4 heterocycles. The molecule has 0 fully saturated rings. The summed E-state index contributed by atoms with van der Waals surface area (Å²) in [4.78, 5) is 33.8. The topological polar surface area (TPSA) is 40.6 Å². The van der Waals surface area contributed by atoms with Crippen LogP contribution in [0.3, 0.4) is 0 Å². The van der Waals surface area contributed by atoms with Gasteiger partial charge in [0, 0.05) is 13.1 Å². The van der Waals surface area contributed by atoms with Crippen molar-refractivity contribution in [2.75, 3.05) is 13.1 Å². The molecule has 4 rings (SSSR count). The van der Waals surface area contributed by atoms with Gasteiger partial charge in [-0.1, -0.05) is 37.8 Å². The van der Waals surface area contributed by atoms with Crippen LogP contribution in [0.1, 0.15) is 74.0 Å². The number of carbonyl (C=O) groups is 2. The zero-order valence-electron chi connectivity index (χ0n) is 21.6. The first kappa shape index (κ1) is 29.2. The van der Waals surface area contributed by atoms with Gasteiger partial charge in [0.05, 0.1) is 39.9 Å². The minimum Gasteiger partial charge on any atom is -0.306 e. The Morgan fingerprint density at radius 2 is 1.03 bits per heavy atom. The first-order valence-corrected chi connectivity index (χ1v) is 16.6. The molecule has 2 aliphatic rings. The number of unbranched alkanes of at least 4 members (excludes halogenated alkanes) is 8. The highest BCUT2D eigenvalue weighted by molar-refractivity contribution is 9.11. The number of hydrogen-bond donors (Lipinski definition) is 0. The van der Waals surface area contributed by atoms with Crippen molar-refractivity contribution in [3.8, 4) is 0 Å². The lowest BCUT2D eigenvalue weighted by Crippen LogP contribution is -2.30. The van der Waals surface area contributed by atoms with Gasteiger partial charge in [-0.05, 0) is 94.7 Å². The van der Waals surface area contributed by atoms with Crippen molar-refractivity contribution < 1.29 is 9.59 Å². The van der Waals surface area contributed by atoms with Crippen molar-refractivity contribution in [1.82, 2.24) is 9.80 Å². The summed E-state index contributed by atoms with van der Waals surface area (Å²) in [5, 5.41) is 0. The summed E-state index contributed by atoms with van der Waals surface area (Å²) in [6.07, 6.45) is 14.3. The van der Waals surface area contributed by atoms with Crippen molar-refractivity contribution >= 4 is 77.7 Å². The fraction of sp³-hybridized carbons (Fsp3) is 0.400. The first-order chi connectivity index (χ1) is 18.5. The van der Waals surface area contributed by atoms with E-state index in [0.29, 0.717) is 24.2 Å². The fourth-order valence-corrected chi connectivity index (χ4v) is 7.94. The molecule has 2 aromatic heterocycles. The average Bonchev–Trinajstić information content (AvgIpc) is 3.65. The lowest BCUT2D eigenvalue weighted by Gasteiger charge is -2.24. The van der Waals surface area contributed by atoms with Crippen LogP contribution in [0.2, 0.25) is 0 Å². The molecule has 2 amide bonds. The maximum Gasteiger partial charge on any atom is 0.261 e. The van der Waals surface area contributed by atoms with E-state index in [1.807, 2.05) is 46.2 Å². The second-order valence-corrected chi connectivity index (χ2v) is 14.5. The van der Waals surface area contributed by atoms with Crippen LogP contribution in [0.15, 0.2) is 68.3 Å². The third-order valence-corrected chi connectivity index (χ3v) is 10.1. The van der Waals surface area contributed by atoms with E-state index in [4.69, 9.17) is 0 Å². The van der Waals surface area contributed by atoms with Gasteiger partial charge in [0.15, 0.2) is 0 Å². The van der Waals surface area contributed by atoms with E-state index < -0.39 is 0 Å². The number of halogens is 2. The molecule has 0 unspecified atom stereocenters. The standard InChI is InChI=1S/C30H34Br2N2O2S2/c1-3-5-7-9-11-13-19-33-27(21-15-17-23(31)37-21)25-26(29(33)35)28(22-16-18-24(32)38-22)34(30(25)36)20-14-12-10-8-6-4-2/h3-4,15-18H,1-2,5-14,19-20H2. The predicted octanol–water partition coefficient (Wildman–Crippen LogP) is 9.41. The van der Waals surface area contributed by atoms with Crippen molar-refractivity contribution in [2.45, 2.75) is 64.2 Å². The first-order valence-electron chi connectivity index (χ1n) is 13.3. The molecule has 0 spiro atoms. The number of hydrogen-bond acceptors (Lipinski definition) is 4. The Labute approximate surface area is 251 Å². The third kappa shape index (κ3) is 6.52. The smallest absolute Gasteiger partial charge is 0.261 e. The number of carbonyl (C=O) groups excluding carboxylic acids is 2. The molecule has 2 aliphatic heterocycles. The van der Waals surface area contributed by atoms with Gasteiger partial charge in [0.2, 0.25) is 0 Å². The maximum absolute atomic E-state index is 14.1. The number of allylic oxidation sites excluding steroid dienone is 2. The number of nitrogens with zero attached hydrogens (tertiary/aromatic N) is 2. The molecule has 0 saturated heterocycles. The lowest BCUT2D eigenvalue weighted by molar-refractivity contribution is -0.124. The van der Waals surface area contributed by atoms with E-state index in [0.717, 1.165) is 92.9 Å². The summed E-state index contributed by atoms with van der Waals surface area (Å²) in [5.74, 6) is -0.0982. The quantitative estimate of drug-likeness (QED) is 0.131. The van der Waals surface area contributed by atoms with Crippen LogP contribution in [0.4, 0.5) is 0 Å². The minimum absolute atomic E-state index is 0.0491. The summed E-state index contributed by atoms with van der Waals surface area (Å²) in [5.41, 5.74) is 2.70. The molecule has 38 heavy (non-hydrogen) atoms. The zero-order chi connectivity index (χ0) is 27.1. The second kappa shape index (κ2) is 14.1. The van der Waals surface area contributed by atoms with Gasteiger partial charge in [-0.15, -0.1) is 35.8 Å². The zero-order valence-corrected chi connectivity index (χ0v) is 26.5. The largest absolute Gasteiger partial charge is 0.306 e. The Kier molecular flexibility index (Phi) is 10.8. The molecule has 0 atom stereocenters. The fourth-order valence-electron chi connectivity index (χ4n) is 5.04. The molecule has 0 aliphatic carbocycles. The summed E-state index contributed by atoms with van der Waals surface area (Å²) in [6, 6.07) is 8.01. The van der Waals surface area contributed by atoms with Gasteiger partial charge < -0.3 is 9.80 Å². The number of fused-ring (bicyclic) bond motifs is 1. The van der Waals surface area contributed by atoms with Gasteiger partial charge in [-0.2, -0.15) is 0 Å².